The highest BCUT2D eigenvalue weighted by molar-refractivity contribution is 7.18. The van der Waals surface area contributed by atoms with Gasteiger partial charge in [0.1, 0.15) is 10.7 Å². The highest BCUT2D eigenvalue weighted by atomic mass is 32.1. The number of aromatic nitrogens is 2. The van der Waals surface area contributed by atoms with E-state index < -0.39 is 18.0 Å². The molecule has 0 aliphatic rings. The van der Waals surface area contributed by atoms with Crippen LogP contribution in [0.5, 0.6) is 0 Å². The zero-order valence-corrected chi connectivity index (χ0v) is 16.0. The number of ether oxygens (including phenoxy) is 1. The van der Waals surface area contributed by atoms with Crippen molar-refractivity contribution in [1.82, 2.24) is 9.97 Å². The molecule has 3 rings (SSSR count). The lowest BCUT2D eigenvalue weighted by molar-refractivity contribution is -0.125. The summed E-state index contributed by atoms with van der Waals surface area (Å²) in [6.45, 7) is 5.41. The number of carbonyl (C=O) groups excluding carboxylic acids is 2. The summed E-state index contributed by atoms with van der Waals surface area (Å²) in [7, 11) is 0. The quantitative estimate of drug-likeness (QED) is 0.655. The Labute approximate surface area is 159 Å². The molecule has 2 heterocycles. The highest BCUT2D eigenvalue weighted by Gasteiger charge is 2.17. The van der Waals surface area contributed by atoms with E-state index in [0.29, 0.717) is 21.6 Å². The number of hydrogen-bond donors (Lipinski definition) is 2. The second-order valence-electron chi connectivity index (χ2n) is 6.11. The number of nitrogens with zero attached hydrogens (tertiary/aromatic N) is 1. The monoisotopic (exact) mass is 385 g/mol. The van der Waals surface area contributed by atoms with Gasteiger partial charge in [-0.25, -0.2) is 9.78 Å². The normalized spacial score (nSPS) is 12.1. The first kappa shape index (κ1) is 18.8. The summed E-state index contributed by atoms with van der Waals surface area (Å²) in [5, 5.41) is 0.643. The molecule has 0 radical (unpaired) electrons. The Hall–Kier alpha value is -3.00. The number of hydrogen-bond acceptors (Lipinski definition) is 6. The predicted molar refractivity (Wildman–Crippen MR) is 104 cm³/mol. The molecular weight excluding hydrogens is 366 g/mol. The molecule has 0 saturated heterocycles. The zero-order chi connectivity index (χ0) is 19.7. The molecule has 3 N–H and O–H groups in total. The SMILES string of the molecule is CCc1c(C)sc2nc(-c3ccc(C(=O)O[C@H](C)C(N)=O)cc3)[nH]c(=O)c12. The Bertz CT molecular complexity index is 1080. The van der Waals surface area contributed by atoms with Crippen molar-refractivity contribution in [3.05, 3.63) is 50.6 Å². The van der Waals surface area contributed by atoms with Gasteiger partial charge in [0.05, 0.1) is 10.9 Å². The summed E-state index contributed by atoms with van der Waals surface area (Å²) >= 11 is 1.49. The van der Waals surface area contributed by atoms with Crippen LogP contribution < -0.4 is 11.3 Å². The Balaban J connectivity index is 1.92. The van der Waals surface area contributed by atoms with Crippen LogP contribution in [0, 0.1) is 6.92 Å². The number of rotatable bonds is 5. The molecule has 0 unspecified atom stereocenters. The van der Waals surface area contributed by atoms with Crippen LogP contribution in [0.25, 0.3) is 21.6 Å². The van der Waals surface area contributed by atoms with Crippen molar-refractivity contribution in [3.8, 4) is 11.4 Å². The largest absolute Gasteiger partial charge is 0.449 e. The Morgan fingerprint density at radius 1 is 1.30 bits per heavy atom. The molecule has 7 nitrogen and oxygen atoms in total. The molecule has 1 amide bonds. The van der Waals surface area contributed by atoms with Gasteiger partial charge in [0.15, 0.2) is 6.10 Å². The average molecular weight is 385 g/mol. The minimum atomic E-state index is -1.01. The summed E-state index contributed by atoms with van der Waals surface area (Å²) in [5.74, 6) is -0.930. The standard InChI is InChI=1S/C19H19N3O4S/c1-4-13-10(3)27-18-14(13)17(24)21-16(22-18)11-5-7-12(8-6-11)19(25)26-9(2)15(20)23/h5-9H,4H2,1-3H3,(H2,20,23)(H,21,22,24)/t9-/m1/s1. The van der Waals surface area contributed by atoms with E-state index >= 15 is 0 Å². The van der Waals surface area contributed by atoms with Crippen LogP contribution in [-0.2, 0) is 16.0 Å². The molecule has 0 fully saturated rings. The molecule has 27 heavy (non-hydrogen) atoms. The van der Waals surface area contributed by atoms with Gasteiger partial charge in [-0.15, -0.1) is 11.3 Å². The third kappa shape index (κ3) is 3.61. The second-order valence-corrected chi connectivity index (χ2v) is 7.32. The molecule has 1 atom stereocenters. The minimum absolute atomic E-state index is 0.171. The summed E-state index contributed by atoms with van der Waals surface area (Å²) in [6, 6.07) is 6.42. The lowest BCUT2D eigenvalue weighted by Crippen LogP contribution is -2.30. The smallest absolute Gasteiger partial charge is 0.338 e. The molecule has 0 saturated carbocycles. The molecule has 0 spiro atoms. The van der Waals surface area contributed by atoms with Gasteiger partial charge >= 0.3 is 5.97 Å². The Morgan fingerprint density at radius 2 is 1.96 bits per heavy atom. The number of carbonyl (C=O) groups is 2. The van der Waals surface area contributed by atoms with Crippen molar-refractivity contribution in [2.75, 3.05) is 0 Å². The Morgan fingerprint density at radius 3 is 2.56 bits per heavy atom. The van der Waals surface area contributed by atoms with E-state index in [2.05, 4.69) is 9.97 Å². The third-order valence-corrected chi connectivity index (χ3v) is 5.34. The van der Waals surface area contributed by atoms with Gasteiger partial charge < -0.3 is 15.5 Å². The van der Waals surface area contributed by atoms with Crippen molar-refractivity contribution in [1.29, 1.82) is 0 Å². The van der Waals surface area contributed by atoms with E-state index in [1.807, 2.05) is 13.8 Å². The van der Waals surface area contributed by atoms with Crippen molar-refractivity contribution in [3.63, 3.8) is 0 Å². The first-order chi connectivity index (χ1) is 12.8. The fourth-order valence-corrected chi connectivity index (χ4v) is 3.90. The number of H-pyrrole nitrogens is 1. The van der Waals surface area contributed by atoms with Gasteiger partial charge in [0, 0.05) is 10.4 Å². The molecule has 8 heteroatoms. The summed E-state index contributed by atoms with van der Waals surface area (Å²) in [6.07, 6.45) is -0.233. The van der Waals surface area contributed by atoms with Crippen LogP contribution in [0.15, 0.2) is 29.1 Å². The first-order valence-corrected chi connectivity index (χ1v) is 9.26. The zero-order valence-electron chi connectivity index (χ0n) is 15.2. The number of amides is 1. The van der Waals surface area contributed by atoms with Gasteiger partial charge in [0.25, 0.3) is 11.5 Å². The van der Waals surface area contributed by atoms with E-state index in [1.165, 1.54) is 18.3 Å². The number of esters is 1. The fourth-order valence-electron chi connectivity index (χ4n) is 2.79. The molecule has 0 aliphatic carbocycles. The number of benzene rings is 1. The number of primary amides is 1. The average Bonchev–Trinajstić information content (AvgIpc) is 2.97. The molecule has 0 bridgehead atoms. The first-order valence-electron chi connectivity index (χ1n) is 8.44. The van der Waals surface area contributed by atoms with Crippen LogP contribution in [0.1, 0.15) is 34.6 Å². The molecule has 3 aromatic rings. The predicted octanol–water partition coefficient (Wildman–Crippen LogP) is 2.55. The van der Waals surface area contributed by atoms with E-state index in [9.17, 15) is 14.4 Å². The fraction of sp³-hybridized carbons (Fsp3) is 0.263. The van der Waals surface area contributed by atoms with Crippen LogP contribution in [0.2, 0.25) is 0 Å². The van der Waals surface area contributed by atoms with Crippen molar-refractivity contribution in [2.45, 2.75) is 33.3 Å². The van der Waals surface area contributed by atoms with Crippen LogP contribution in [-0.4, -0.2) is 27.9 Å². The maximum atomic E-state index is 12.5. The van der Waals surface area contributed by atoms with Crippen LogP contribution >= 0.6 is 11.3 Å². The maximum Gasteiger partial charge on any atom is 0.338 e. The van der Waals surface area contributed by atoms with Gasteiger partial charge in [0.2, 0.25) is 0 Å². The summed E-state index contributed by atoms with van der Waals surface area (Å²) < 4.78 is 4.96. The van der Waals surface area contributed by atoms with Gasteiger partial charge in [-0.2, -0.15) is 0 Å². The third-order valence-electron chi connectivity index (χ3n) is 4.29. The number of aromatic amines is 1. The summed E-state index contributed by atoms with van der Waals surface area (Å²) in [4.78, 5) is 44.7. The lowest BCUT2D eigenvalue weighted by atomic mass is 10.1. The molecular formula is C19H19N3O4S. The topological polar surface area (TPSA) is 115 Å². The highest BCUT2D eigenvalue weighted by Crippen LogP contribution is 2.28. The number of thiophene rings is 1. The van der Waals surface area contributed by atoms with Crippen molar-refractivity contribution in [2.24, 2.45) is 5.73 Å². The molecule has 2 aromatic heterocycles. The van der Waals surface area contributed by atoms with E-state index in [-0.39, 0.29) is 11.1 Å². The number of nitrogens with two attached hydrogens (primary N) is 1. The van der Waals surface area contributed by atoms with E-state index in [0.717, 1.165) is 16.9 Å². The van der Waals surface area contributed by atoms with Gasteiger partial charge in [-0.1, -0.05) is 19.1 Å². The number of fused-ring (bicyclic) bond motifs is 1. The molecule has 1 aromatic carbocycles. The van der Waals surface area contributed by atoms with E-state index in [4.69, 9.17) is 10.5 Å². The Kier molecular flexibility index (Phi) is 5.09. The number of nitrogens with one attached hydrogen (secondary N) is 1. The molecule has 0 aliphatic heterocycles. The second kappa shape index (κ2) is 7.32. The lowest BCUT2D eigenvalue weighted by Gasteiger charge is -2.09. The van der Waals surface area contributed by atoms with E-state index in [1.54, 1.807) is 24.3 Å². The minimum Gasteiger partial charge on any atom is -0.449 e. The summed E-state index contributed by atoms with van der Waals surface area (Å²) in [5.41, 5.74) is 6.88. The van der Waals surface area contributed by atoms with Crippen LogP contribution in [0.4, 0.5) is 0 Å². The van der Waals surface area contributed by atoms with Crippen LogP contribution in [0.3, 0.4) is 0 Å². The number of aryl methyl sites for hydroxylation is 2. The maximum absolute atomic E-state index is 12.5. The molecule has 140 valence electrons. The van der Waals surface area contributed by atoms with Gasteiger partial charge in [-0.3, -0.25) is 9.59 Å². The van der Waals surface area contributed by atoms with Crippen molar-refractivity contribution < 1.29 is 14.3 Å². The van der Waals surface area contributed by atoms with Gasteiger partial charge in [-0.05, 0) is 38.0 Å². The van der Waals surface area contributed by atoms with Crippen molar-refractivity contribution >= 4 is 33.4 Å².